The van der Waals surface area contributed by atoms with Gasteiger partial charge in [0.2, 0.25) is 0 Å². The van der Waals surface area contributed by atoms with Crippen molar-refractivity contribution < 1.29 is 0 Å². The minimum atomic E-state index is 0.702. The van der Waals surface area contributed by atoms with Gasteiger partial charge in [-0.2, -0.15) is 0 Å². The Hall–Kier alpha value is -0.570. The summed E-state index contributed by atoms with van der Waals surface area (Å²) >= 11 is 1.59. The molecule has 3 atom stereocenters. The summed E-state index contributed by atoms with van der Waals surface area (Å²) in [5, 5.41) is 2.91. The topological polar surface area (TPSA) is 38.9 Å². The highest BCUT2D eigenvalue weighted by Gasteiger charge is 2.33. The Balaban J connectivity index is 1.70. The lowest BCUT2D eigenvalue weighted by molar-refractivity contribution is 0.154. The number of anilines is 1. The van der Waals surface area contributed by atoms with Crippen molar-refractivity contribution in [3.05, 3.63) is 11.1 Å². The van der Waals surface area contributed by atoms with Crippen LogP contribution in [0.4, 0.5) is 5.13 Å². The maximum Gasteiger partial charge on any atom is 0.180 e. The average Bonchev–Trinajstić information content (AvgIpc) is 2.75. The molecule has 3 unspecified atom stereocenters. The second-order valence-electron chi connectivity index (χ2n) is 5.43. The van der Waals surface area contributed by atoms with E-state index in [-0.39, 0.29) is 0 Å². The van der Waals surface area contributed by atoms with Gasteiger partial charge in [0.1, 0.15) is 0 Å². The first-order valence-corrected chi connectivity index (χ1v) is 7.42. The molecule has 2 nitrogen and oxygen atoms in total. The van der Waals surface area contributed by atoms with E-state index in [1.807, 2.05) is 0 Å². The molecule has 2 fully saturated rings. The fraction of sp³-hybridized carbons (Fsp3) is 0.769. The maximum absolute atomic E-state index is 5.72. The summed E-state index contributed by atoms with van der Waals surface area (Å²) in [5.41, 5.74) is 6.99. The first-order valence-electron chi connectivity index (χ1n) is 6.54. The van der Waals surface area contributed by atoms with E-state index in [0.717, 1.165) is 17.0 Å². The van der Waals surface area contributed by atoms with Crippen LogP contribution in [0.3, 0.4) is 0 Å². The average molecular weight is 236 g/mol. The molecule has 1 heterocycles. The van der Waals surface area contributed by atoms with Gasteiger partial charge in [-0.15, -0.1) is 11.3 Å². The van der Waals surface area contributed by atoms with Crippen molar-refractivity contribution in [2.45, 2.75) is 50.9 Å². The third-order valence-electron chi connectivity index (χ3n) is 4.50. The second kappa shape index (κ2) is 4.36. The monoisotopic (exact) mass is 236 g/mol. The van der Waals surface area contributed by atoms with Gasteiger partial charge in [-0.3, -0.25) is 0 Å². The number of nitrogen functional groups attached to an aromatic ring is 1. The largest absolute Gasteiger partial charge is 0.375 e. The van der Waals surface area contributed by atoms with E-state index >= 15 is 0 Å². The standard InChI is InChI=1S/C13H20N2S/c14-13-15-12(8-16-13)11-6-5-9-3-1-2-4-10(9)7-11/h8-11H,1-7H2,(H2,14,15). The van der Waals surface area contributed by atoms with Gasteiger partial charge in [-0.25, -0.2) is 4.98 Å². The molecule has 0 saturated heterocycles. The summed E-state index contributed by atoms with van der Waals surface area (Å²) in [7, 11) is 0. The zero-order valence-corrected chi connectivity index (χ0v) is 10.5. The molecule has 2 aliphatic carbocycles. The smallest absolute Gasteiger partial charge is 0.180 e. The SMILES string of the molecule is Nc1nc(C2CCC3CCCCC3C2)cs1. The summed E-state index contributed by atoms with van der Waals surface area (Å²) in [6.45, 7) is 0. The van der Waals surface area contributed by atoms with E-state index in [1.165, 1.54) is 50.6 Å². The van der Waals surface area contributed by atoms with Crippen molar-refractivity contribution in [2.24, 2.45) is 11.8 Å². The van der Waals surface area contributed by atoms with Gasteiger partial charge in [-0.05, 0) is 31.1 Å². The number of hydrogen-bond acceptors (Lipinski definition) is 3. The van der Waals surface area contributed by atoms with Crippen LogP contribution < -0.4 is 5.73 Å². The van der Waals surface area contributed by atoms with E-state index < -0.39 is 0 Å². The van der Waals surface area contributed by atoms with Gasteiger partial charge in [0, 0.05) is 11.3 Å². The molecule has 0 radical (unpaired) electrons. The van der Waals surface area contributed by atoms with Crippen molar-refractivity contribution in [2.75, 3.05) is 5.73 Å². The normalized spacial score (nSPS) is 34.6. The summed E-state index contributed by atoms with van der Waals surface area (Å²) in [6.07, 6.45) is 9.99. The van der Waals surface area contributed by atoms with Crippen molar-refractivity contribution in [1.29, 1.82) is 0 Å². The minimum Gasteiger partial charge on any atom is -0.375 e. The highest BCUT2D eigenvalue weighted by molar-refractivity contribution is 7.13. The first-order chi connectivity index (χ1) is 7.83. The Morgan fingerprint density at radius 3 is 2.69 bits per heavy atom. The van der Waals surface area contributed by atoms with Crippen LogP contribution in [0.15, 0.2) is 5.38 Å². The lowest BCUT2D eigenvalue weighted by Gasteiger charge is -2.38. The zero-order valence-electron chi connectivity index (χ0n) is 9.69. The van der Waals surface area contributed by atoms with Crippen LogP contribution in [0.5, 0.6) is 0 Å². The molecule has 2 N–H and O–H groups in total. The van der Waals surface area contributed by atoms with Crippen LogP contribution in [0, 0.1) is 11.8 Å². The van der Waals surface area contributed by atoms with E-state index in [4.69, 9.17) is 5.73 Å². The molecule has 88 valence electrons. The molecule has 0 aliphatic heterocycles. The third-order valence-corrected chi connectivity index (χ3v) is 5.19. The highest BCUT2D eigenvalue weighted by Crippen LogP contribution is 2.46. The van der Waals surface area contributed by atoms with Gasteiger partial charge in [0.15, 0.2) is 5.13 Å². The van der Waals surface area contributed by atoms with E-state index in [2.05, 4.69) is 10.4 Å². The van der Waals surface area contributed by atoms with E-state index in [0.29, 0.717) is 5.92 Å². The molecule has 2 aliphatic rings. The zero-order chi connectivity index (χ0) is 11.0. The molecular formula is C13H20N2S. The van der Waals surface area contributed by atoms with Crippen LogP contribution >= 0.6 is 11.3 Å². The maximum atomic E-state index is 5.72. The molecule has 0 amide bonds. The Morgan fingerprint density at radius 2 is 1.94 bits per heavy atom. The fourth-order valence-corrected chi connectivity index (χ4v) is 4.27. The Labute approximate surface area is 101 Å². The number of aromatic nitrogens is 1. The predicted molar refractivity (Wildman–Crippen MR) is 68.6 cm³/mol. The van der Waals surface area contributed by atoms with E-state index in [1.54, 1.807) is 11.3 Å². The van der Waals surface area contributed by atoms with Crippen LogP contribution in [-0.2, 0) is 0 Å². The van der Waals surface area contributed by atoms with Crippen LogP contribution in [0.25, 0.3) is 0 Å². The van der Waals surface area contributed by atoms with Crippen molar-refractivity contribution in [3.8, 4) is 0 Å². The number of hydrogen-bond donors (Lipinski definition) is 1. The predicted octanol–water partition coefficient (Wildman–Crippen LogP) is 3.80. The number of thiazole rings is 1. The molecule has 0 bridgehead atoms. The Kier molecular flexibility index (Phi) is 2.88. The fourth-order valence-electron chi connectivity index (χ4n) is 3.63. The first kappa shape index (κ1) is 10.6. The number of fused-ring (bicyclic) bond motifs is 1. The molecule has 16 heavy (non-hydrogen) atoms. The van der Waals surface area contributed by atoms with Gasteiger partial charge >= 0.3 is 0 Å². The molecule has 1 aromatic rings. The lowest BCUT2D eigenvalue weighted by atomic mass is 9.67. The van der Waals surface area contributed by atoms with Gasteiger partial charge < -0.3 is 5.73 Å². The molecule has 1 aromatic heterocycles. The van der Waals surface area contributed by atoms with Crippen LogP contribution in [0.2, 0.25) is 0 Å². The summed E-state index contributed by atoms with van der Waals surface area (Å²) in [4.78, 5) is 4.47. The molecule has 2 saturated carbocycles. The molecule has 0 aromatic carbocycles. The number of nitrogens with zero attached hydrogens (tertiary/aromatic N) is 1. The third kappa shape index (κ3) is 1.97. The second-order valence-corrected chi connectivity index (χ2v) is 6.31. The lowest BCUT2D eigenvalue weighted by Crippen LogP contribution is -2.26. The van der Waals surface area contributed by atoms with E-state index in [9.17, 15) is 0 Å². The molecular weight excluding hydrogens is 216 g/mol. The highest BCUT2D eigenvalue weighted by atomic mass is 32.1. The van der Waals surface area contributed by atoms with Gasteiger partial charge in [0.05, 0.1) is 5.69 Å². The summed E-state index contributed by atoms with van der Waals surface area (Å²) < 4.78 is 0. The van der Waals surface area contributed by atoms with Crippen molar-refractivity contribution in [3.63, 3.8) is 0 Å². The van der Waals surface area contributed by atoms with Gasteiger partial charge in [0.25, 0.3) is 0 Å². The van der Waals surface area contributed by atoms with Gasteiger partial charge in [-0.1, -0.05) is 25.7 Å². The van der Waals surface area contributed by atoms with Crippen molar-refractivity contribution >= 4 is 16.5 Å². The number of nitrogens with two attached hydrogens (primary N) is 1. The van der Waals surface area contributed by atoms with Crippen LogP contribution in [-0.4, -0.2) is 4.98 Å². The molecule has 3 heteroatoms. The molecule has 3 rings (SSSR count). The summed E-state index contributed by atoms with van der Waals surface area (Å²) in [5.74, 6) is 2.71. The Morgan fingerprint density at radius 1 is 1.12 bits per heavy atom. The summed E-state index contributed by atoms with van der Waals surface area (Å²) in [6, 6.07) is 0. The quantitative estimate of drug-likeness (QED) is 0.805. The number of rotatable bonds is 1. The Bertz CT molecular complexity index is 361. The van der Waals surface area contributed by atoms with Crippen molar-refractivity contribution in [1.82, 2.24) is 4.98 Å². The molecule has 0 spiro atoms. The van der Waals surface area contributed by atoms with Crippen LogP contribution in [0.1, 0.15) is 56.6 Å². The minimum absolute atomic E-state index is 0.702.